The number of rotatable bonds is 4. The zero-order valence-electron chi connectivity index (χ0n) is 19.6. The van der Waals surface area contributed by atoms with Crippen LogP contribution in [0.15, 0.2) is 42.6 Å². The molecule has 1 atom stereocenters. The van der Waals surface area contributed by atoms with Gasteiger partial charge in [0.05, 0.1) is 30.3 Å². The van der Waals surface area contributed by atoms with E-state index >= 15 is 0 Å². The lowest BCUT2D eigenvalue weighted by atomic mass is 9.72. The van der Waals surface area contributed by atoms with Crippen LogP contribution in [0, 0.1) is 19.8 Å². The van der Waals surface area contributed by atoms with Gasteiger partial charge in [0.25, 0.3) is 0 Å². The summed E-state index contributed by atoms with van der Waals surface area (Å²) in [6.45, 7) is 8.09. The van der Waals surface area contributed by atoms with Crippen LogP contribution in [0.3, 0.4) is 0 Å². The molecule has 174 valence electrons. The van der Waals surface area contributed by atoms with Crippen LogP contribution in [0.5, 0.6) is 0 Å². The van der Waals surface area contributed by atoms with E-state index in [2.05, 4.69) is 65.3 Å². The molecule has 0 unspecified atom stereocenters. The highest BCUT2D eigenvalue weighted by molar-refractivity contribution is 5.88. The quantitative estimate of drug-likeness (QED) is 0.658. The van der Waals surface area contributed by atoms with Gasteiger partial charge >= 0.3 is 0 Å². The van der Waals surface area contributed by atoms with Crippen LogP contribution in [-0.4, -0.2) is 60.5 Å². The van der Waals surface area contributed by atoms with E-state index in [0.29, 0.717) is 33.0 Å². The van der Waals surface area contributed by atoms with Gasteiger partial charge in [-0.25, -0.2) is 0 Å². The molecule has 0 saturated carbocycles. The minimum atomic E-state index is -0.514. The Balaban J connectivity index is 1.40. The van der Waals surface area contributed by atoms with E-state index in [-0.39, 0.29) is 11.8 Å². The van der Waals surface area contributed by atoms with E-state index in [1.54, 1.807) is 0 Å². The van der Waals surface area contributed by atoms with Crippen LogP contribution in [0.2, 0.25) is 0 Å². The van der Waals surface area contributed by atoms with Crippen LogP contribution >= 0.6 is 0 Å². The van der Waals surface area contributed by atoms with Crippen LogP contribution in [-0.2, 0) is 26.1 Å². The summed E-state index contributed by atoms with van der Waals surface area (Å²) in [4.78, 5) is 16.3. The maximum absolute atomic E-state index is 14.2. The Bertz CT molecular complexity index is 1110. The molecule has 5 rings (SSSR count). The number of aryl methyl sites for hydroxylation is 2. The highest BCUT2D eigenvalue weighted by Gasteiger charge is 2.44. The van der Waals surface area contributed by atoms with Crippen LogP contribution < -0.4 is 0 Å². The van der Waals surface area contributed by atoms with Gasteiger partial charge in [0.15, 0.2) is 0 Å². The number of nitrogens with zero attached hydrogens (tertiary/aromatic N) is 2. The van der Waals surface area contributed by atoms with Gasteiger partial charge in [-0.05, 0) is 56.4 Å². The summed E-state index contributed by atoms with van der Waals surface area (Å²) >= 11 is 0. The number of fused-ring (bicyclic) bond motifs is 1. The number of aromatic nitrogens is 2. The molecular formula is C27H33N3O3. The summed E-state index contributed by atoms with van der Waals surface area (Å²) in [7, 11) is 0. The average Bonchev–Trinajstić information content (AvgIpc) is 3.16. The second-order valence-electron chi connectivity index (χ2n) is 9.76. The molecule has 1 aromatic heterocycles. The first-order valence-corrected chi connectivity index (χ1v) is 12.0. The van der Waals surface area contributed by atoms with Gasteiger partial charge in [-0.1, -0.05) is 35.4 Å². The maximum Gasteiger partial charge on any atom is 0.233 e. The molecule has 2 saturated heterocycles. The molecule has 6 nitrogen and oxygen atoms in total. The van der Waals surface area contributed by atoms with Crippen molar-refractivity contribution in [1.82, 2.24) is 15.1 Å². The lowest BCUT2D eigenvalue weighted by Crippen LogP contribution is -2.51. The number of hydrogen-bond acceptors (Lipinski definition) is 4. The zero-order chi connectivity index (χ0) is 22.8. The summed E-state index contributed by atoms with van der Waals surface area (Å²) in [6, 6.07) is 13.0. The van der Waals surface area contributed by atoms with Crippen molar-refractivity contribution in [2.75, 3.05) is 39.5 Å². The molecule has 1 N–H and O–H groups in total. The second-order valence-corrected chi connectivity index (χ2v) is 9.76. The molecule has 2 aromatic carbocycles. The Hall–Kier alpha value is -2.70. The summed E-state index contributed by atoms with van der Waals surface area (Å²) < 4.78 is 11.7. The fraction of sp³-hybridized carbons (Fsp3) is 0.481. The van der Waals surface area contributed by atoms with Gasteiger partial charge in [0.1, 0.15) is 0 Å². The molecule has 6 heteroatoms. The first-order chi connectivity index (χ1) is 16.0. The van der Waals surface area contributed by atoms with E-state index < -0.39 is 5.41 Å². The first-order valence-electron chi connectivity index (χ1n) is 12.0. The molecule has 2 fully saturated rings. The van der Waals surface area contributed by atoms with Crippen molar-refractivity contribution < 1.29 is 14.3 Å². The number of amides is 1. The number of carbonyl (C=O) groups is 1. The van der Waals surface area contributed by atoms with Crippen molar-refractivity contribution >= 4 is 16.8 Å². The molecule has 2 aliphatic heterocycles. The predicted molar refractivity (Wildman–Crippen MR) is 128 cm³/mol. The lowest BCUT2D eigenvalue weighted by Gasteiger charge is -2.40. The highest BCUT2D eigenvalue weighted by atomic mass is 16.5. The van der Waals surface area contributed by atoms with Gasteiger partial charge in [-0.15, -0.1) is 0 Å². The van der Waals surface area contributed by atoms with Gasteiger partial charge < -0.3 is 14.4 Å². The van der Waals surface area contributed by atoms with Gasteiger partial charge in [-0.3, -0.25) is 9.89 Å². The van der Waals surface area contributed by atoms with Crippen molar-refractivity contribution in [3.05, 3.63) is 64.8 Å². The zero-order valence-corrected chi connectivity index (χ0v) is 19.6. The average molecular weight is 448 g/mol. The summed E-state index contributed by atoms with van der Waals surface area (Å²) in [5.74, 6) is 0.494. The normalized spacial score (nSPS) is 21.2. The number of ether oxygens (including phenoxy) is 2. The molecule has 0 bridgehead atoms. The minimum absolute atomic E-state index is 0.233. The van der Waals surface area contributed by atoms with E-state index in [4.69, 9.17) is 9.47 Å². The van der Waals surface area contributed by atoms with E-state index in [0.717, 1.165) is 42.3 Å². The molecule has 0 spiro atoms. The topological polar surface area (TPSA) is 67.5 Å². The van der Waals surface area contributed by atoms with Crippen molar-refractivity contribution in [2.24, 2.45) is 5.92 Å². The standard InChI is InChI=1S/C27H33N3O3/c1-19-11-20(2)13-24(12-19)27(5-8-32-9-6-27)26(31)30-7-10-33-18-22(17-30)14-21-3-4-25-23(15-21)16-28-29-25/h3-4,11-13,15-16,22H,5-10,14,17-18H2,1-2H3,(H,28,29)/t22-/m0/s1. The molecule has 0 aliphatic carbocycles. The first kappa shape index (κ1) is 22.1. The Morgan fingerprint density at radius 3 is 2.67 bits per heavy atom. The third-order valence-electron chi connectivity index (χ3n) is 7.18. The number of H-pyrrole nitrogens is 1. The number of hydrogen-bond donors (Lipinski definition) is 1. The van der Waals surface area contributed by atoms with Crippen LogP contribution in [0.25, 0.3) is 10.9 Å². The largest absolute Gasteiger partial charge is 0.381 e. The van der Waals surface area contributed by atoms with Crippen molar-refractivity contribution in [1.29, 1.82) is 0 Å². The Morgan fingerprint density at radius 1 is 1.09 bits per heavy atom. The van der Waals surface area contributed by atoms with E-state index in [9.17, 15) is 4.79 Å². The molecule has 2 aliphatic rings. The van der Waals surface area contributed by atoms with Crippen molar-refractivity contribution in [3.63, 3.8) is 0 Å². The summed E-state index contributed by atoms with van der Waals surface area (Å²) in [5.41, 5.74) is 5.33. The smallest absolute Gasteiger partial charge is 0.233 e. The molecule has 3 aromatic rings. The molecule has 0 radical (unpaired) electrons. The Kier molecular flexibility index (Phi) is 6.21. The van der Waals surface area contributed by atoms with Gasteiger partial charge in [0.2, 0.25) is 5.91 Å². The van der Waals surface area contributed by atoms with E-state index in [1.165, 1.54) is 16.7 Å². The number of nitrogens with one attached hydrogen (secondary N) is 1. The summed E-state index contributed by atoms with van der Waals surface area (Å²) in [5, 5.41) is 8.25. The lowest BCUT2D eigenvalue weighted by molar-refractivity contribution is -0.141. The Labute approximate surface area is 195 Å². The van der Waals surface area contributed by atoms with E-state index in [1.807, 2.05) is 6.20 Å². The SMILES string of the molecule is Cc1cc(C)cc(C2(C(=O)N3CCOC[C@@H](Cc4ccc5[nH]ncc5c4)C3)CCOCC2)c1. The third kappa shape index (κ3) is 4.55. The van der Waals surface area contributed by atoms with Gasteiger partial charge in [-0.2, -0.15) is 5.10 Å². The predicted octanol–water partition coefficient (Wildman–Crippen LogP) is 3.95. The molecule has 1 amide bonds. The second kappa shape index (κ2) is 9.27. The number of aromatic amines is 1. The molecular weight excluding hydrogens is 414 g/mol. The van der Waals surface area contributed by atoms with Gasteiger partial charge in [0, 0.05) is 37.6 Å². The fourth-order valence-electron chi connectivity index (χ4n) is 5.54. The minimum Gasteiger partial charge on any atom is -0.381 e. The number of benzene rings is 2. The van der Waals surface area contributed by atoms with Crippen LogP contribution in [0.4, 0.5) is 0 Å². The van der Waals surface area contributed by atoms with Crippen LogP contribution in [0.1, 0.15) is 35.1 Å². The van der Waals surface area contributed by atoms with Crippen molar-refractivity contribution in [3.8, 4) is 0 Å². The third-order valence-corrected chi connectivity index (χ3v) is 7.18. The molecule has 3 heterocycles. The summed E-state index contributed by atoms with van der Waals surface area (Å²) in [6.07, 6.45) is 4.20. The number of carbonyl (C=O) groups excluding carboxylic acids is 1. The highest BCUT2D eigenvalue weighted by Crippen LogP contribution is 2.38. The maximum atomic E-state index is 14.2. The fourth-order valence-corrected chi connectivity index (χ4v) is 5.54. The van der Waals surface area contributed by atoms with Crippen molar-refractivity contribution in [2.45, 2.75) is 38.5 Å². The molecule has 33 heavy (non-hydrogen) atoms. The monoisotopic (exact) mass is 447 g/mol. The Morgan fingerprint density at radius 2 is 1.88 bits per heavy atom.